The average molecular weight is 280 g/mol. The highest BCUT2D eigenvalue weighted by Gasteiger charge is 2.28. The van der Waals surface area contributed by atoms with Crippen molar-refractivity contribution in [3.05, 3.63) is 29.8 Å². The SMILES string of the molecule is NC(=S)CCCNC(=O)C1CSc2ccccc21. The van der Waals surface area contributed by atoms with E-state index in [1.54, 1.807) is 11.8 Å². The summed E-state index contributed by atoms with van der Waals surface area (Å²) in [7, 11) is 0. The second-order valence-corrected chi connectivity index (χ2v) is 5.85. The molecule has 1 aliphatic rings. The maximum Gasteiger partial charge on any atom is 0.228 e. The van der Waals surface area contributed by atoms with Crippen molar-refractivity contribution in [2.75, 3.05) is 12.3 Å². The lowest BCUT2D eigenvalue weighted by Crippen LogP contribution is -2.30. The Kier molecular flexibility index (Phi) is 4.60. The molecule has 0 saturated carbocycles. The van der Waals surface area contributed by atoms with E-state index in [0.29, 0.717) is 18.0 Å². The van der Waals surface area contributed by atoms with Crippen LogP contribution in [0.1, 0.15) is 24.3 Å². The van der Waals surface area contributed by atoms with E-state index in [-0.39, 0.29) is 11.8 Å². The van der Waals surface area contributed by atoms with Crippen LogP contribution in [0.4, 0.5) is 0 Å². The third-order valence-electron chi connectivity index (χ3n) is 2.92. The molecule has 1 unspecified atom stereocenters. The van der Waals surface area contributed by atoms with Gasteiger partial charge >= 0.3 is 0 Å². The molecule has 0 aliphatic carbocycles. The molecular weight excluding hydrogens is 264 g/mol. The molecule has 1 aliphatic heterocycles. The van der Waals surface area contributed by atoms with E-state index in [1.807, 2.05) is 18.2 Å². The van der Waals surface area contributed by atoms with E-state index in [9.17, 15) is 4.79 Å². The smallest absolute Gasteiger partial charge is 0.228 e. The van der Waals surface area contributed by atoms with Crippen LogP contribution >= 0.6 is 24.0 Å². The first-order valence-electron chi connectivity index (χ1n) is 5.96. The van der Waals surface area contributed by atoms with Gasteiger partial charge < -0.3 is 11.1 Å². The molecule has 3 N–H and O–H groups in total. The van der Waals surface area contributed by atoms with Crippen LogP contribution in [-0.4, -0.2) is 23.2 Å². The molecule has 18 heavy (non-hydrogen) atoms. The zero-order valence-corrected chi connectivity index (χ0v) is 11.7. The molecule has 96 valence electrons. The van der Waals surface area contributed by atoms with E-state index in [0.717, 1.165) is 17.7 Å². The Hall–Kier alpha value is -1.07. The van der Waals surface area contributed by atoms with Crippen molar-refractivity contribution in [3.8, 4) is 0 Å². The van der Waals surface area contributed by atoms with Gasteiger partial charge in [0.1, 0.15) is 0 Å². The second kappa shape index (κ2) is 6.20. The highest BCUT2D eigenvalue weighted by atomic mass is 32.2. The Morgan fingerprint density at radius 1 is 1.50 bits per heavy atom. The zero-order valence-electron chi connectivity index (χ0n) is 10.0. The summed E-state index contributed by atoms with van der Waals surface area (Å²) in [5.74, 6) is 0.923. The second-order valence-electron chi connectivity index (χ2n) is 4.26. The molecule has 1 atom stereocenters. The van der Waals surface area contributed by atoms with Crippen LogP contribution in [0.5, 0.6) is 0 Å². The molecule has 0 aromatic heterocycles. The van der Waals surface area contributed by atoms with Crippen molar-refractivity contribution in [2.24, 2.45) is 5.73 Å². The highest BCUT2D eigenvalue weighted by Crippen LogP contribution is 2.39. The number of nitrogens with one attached hydrogen (secondary N) is 1. The number of fused-ring (bicyclic) bond motifs is 1. The summed E-state index contributed by atoms with van der Waals surface area (Å²) in [4.78, 5) is 13.8. The van der Waals surface area contributed by atoms with Crippen LogP contribution in [0.25, 0.3) is 0 Å². The largest absolute Gasteiger partial charge is 0.393 e. The molecule has 0 spiro atoms. The normalized spacial score (nSPS) is 17.2. The number of thioether (sulfide) groups is 1. The number of carbonyl (C=O) groups is 1. The Labute approximate surface area is 117 Å². The van der Waals surface area contributed by atoms with Crippen molar-refractivity contribution in [3.63, 3.8) is 0 Å². The van der Waals surface area contributed by atoms with Gasteiger partial charge in [-0.15, -0.1) is 11.8 Å². The summed E-state index contributed by atoms with van der Waals surface area (Å²) in [6.07, 6.45) is 1.49. The molecule has 0 saturated heterocycles. The van der Waals surface area contributed by atoms with Crippen LogP contribution in [0, 0.1) is 0 Å². The van der Waals surface area contributed by atoms with Crippen LogP contribution in [0.15, 0.2) is 29.2 Å². The lowest BCUT2D eigenvalue weighted by Gasteiger charge is -2.11. The first-order valence-corrected chi connectivity index (χ1v) is 7.35. The molecule has 1 aromatic rings. The van der Waals surface area contributed by atoms with Crippen molar-refractivity contribution in [1.29, 1.82) is 0 Å². The van der Waals surface area contributed by atoms with E-state index >= 15 is 0 Å². The summed E-state index contributed by atoms with van der Waals surface area (Å²) >= 11 is 6.54. The molecular formula is C13H16N2OS2. The maximum atomic E-state index is 12.1. The lowest BCUT2D eigenvalue weighted by molar-refractivity contribution is -0.122. The third kappa shape index (κ3) is 3.23. The van der Waals surface area contributed by atoms with E-state index < -0.39 is 0 Å². The van der Waals surface area contributed by atoms with E-state index in [1.165, 1.54) is 4.90 Å². The van der Waals surface area contributed by atoms with Gasteiger partial charge in [-0.3, -0.25) is 4.79 Å². The predicted molar refractivity (Wildman–Crippen MR) is 78.9 cm³/mol. The predicted octanol–water partition coefficient (Wildman–Crippen LogP) is 2.06. The summed E-state index contributed by atoms with van der Waals surface area (Å²) in [5.41, 5.74) is 6.56. The third-order valence-corrected chi connectivity index (χ3v) is 4.30. The average Bonchev–Trinajstić information content (AvgIpc) is 2.78. The zero-order chi connectivity index (χ0) is 13.0. The minimum atomic E-state index is -0.0176. The lowest BCUT2D eigenvalue weighted by atomic mass is 10.0. The summed E-state index contributed by atoms with van der Waals surface area (Å²) in [5, 5.41) is 2.95. The quantitative estimate of drug-likeness (QED) is 0.640. The van der Waals surface area contributed by atoms with Crippen LogP contribution in [0.3, 0.4) is 0 Å². The van der Waals surface area contributed by atoms with Crippen LogP contribution in [0.2, 0.25) is 0 Å². The molecule has 5 heteroatoms. The Morgan fingerprint density at radius 2 is 2.28 bits per heavy atom. The van der Waals surface area contributed by atoms with Gasteiger partial charge in [0.2, 0.25) is 5.91 Å². The minimum Gasteiger partial charge on any atom is -0.393 e. The summed E-state index contributed by atoms with van der Waals surface area (Å²) < 4.78 is 0. The van der Waals surface area contributed by atoms with Crippen molar-refractivity contribution in [1.82, 2.24) is 5.32 Å². The topological polar surface area (TPSA) is 55.1 Å². The number of nitrogens with two attached hydrogens (primary N) is 1. The number of hydrogen-bond acceptors (Lipinski definition) is 3. The first kappa shape index (κ1) is 13.4. The standard InChI is InChI=1S/C13H16N2OS2/c14-12(17)6-3-7-15-13(16)10-8-18-11-5-2-1-4-9(10)11/h1-2,4-5,10H,3,6-8H2,(H2,14,17)(H,15,16). The molecule has 3 nitrogen and oxygen atoms in total. The molecule has 1 amide bonds. The van der Waals surface area contributed by atoms with Gasteiger partial charge in [0.15, 0.2) is 0 Å². The Bertz CT molecular complexity index is 462. The number of rotatable bonds is 5. The molecule has 0 fully saturated rings. The fourth-order valence-corrected chi connectivity index (χ4v) is 3.35. The van der Waals surface area contributed by atoms with Crippen molar-refractivity contribution < 1.29 is 4.79 Å². The minimum absolute atomic E-state index is 0.0176. The molecule has 0 radical (unpaired) electrons. The Balaban J connectivity index is 1.86. The van der Waals surface area contributed by atoms with Gasteiger partial charge in [-0.25, -0.2) is 0 Å². The van der Waals surface area contributed by atoms with Crippen LogP contribution < -0.4 is 11.1 Å². The van der Waals surface area contributed by atoms with Gasteiger partial charge in [-0.05, 0) is 24.5 Å². The molecule has 1 aromatic carbocycles. The molecule has 1 heterocycles. The first-order chi connectivity index (χ1) is 8.68. The van der Waals surface area contributed by atoms with Gasteiger partial charge in [0, 0.05) is 17.2 Å². The molecule has 0 bridgehead atoms. The fourth-order valence-electron chi connectivity index (χ4n) is 1.98. The number of carbonyl (C=O) groups excluding carboxylic acids is 1. The molecule has 2 rings (SSSR count). The summed E-state index contributed by atoms with van der Waals surface area (Å²) in [6, 6.07) is 8.10. The maximum absolute atomic E-state index is 12.1. The van der Waals surface area contributed by atoms with Gasteiger partial charge in [-0.2, -0.15) is 0 Å². The van der Waals surface area contributed by atoms with Gasteiger partial charge in [0.25, 0.3) is 0 Å². The number of amides is 1. The van der Waals surface area contributed by atoms with E-state index in [4.69, 9.17) is 18.0 Å². The number of benzene rings is 1. The van der Waals surface area contributed by atoms with Crippen molar-refractivity contribution >= 4 is 34.9 Å². The highest BCUT2D eigenvalue weighted by molar-refractivity contribution is 7.99. The Morgan fingerprint density at radius 3 is 3.06 bits per heavy atom. The van der Waals surface area contributed by atoms with Crippen LogP contribution in [-0.2, 0) is 4.79 Å². The van der Waals surface area contributed by atoms with Gasteiger partial charge in [0.05, 0.1) is 10.9 Å². The summed E-state index contributed by atoms with van der Waals surface area (Å²) in [6.45, 7) is 0.638. The monoisotopic (exact) mass is 280 g/mol. The number of thiocarbonyl (C=S) groups is 1. The van der Waals surface area contributed by atoms with Crippen molar-refractivity contribution in [2.45, 2.75) is 23.7 Å². The fraction of sp³-hybridized carbons (Fsp3) is 0.385. The van der Waals surface area contributed by atoms with Gasteiger partial charge in [-0.1, -0.05) is 30.4 Å². The number of hydrogen-bond donors (Lipinski definition) is 2. The van der Waals surface area contributed by atoms with E-state index in [2.05, 4.69) is 11.4 Å².